The van der Waals surface area contributed by atoms with Gasteiger partial charge in [-0.15, -0.1) is 0 Å². The molecule has 0 aromatic heterocycles. The molecule has 2 amide bonds. The highest BCUT2D eigenvalue weighted by atomic mass is 16.3. The number of carbonyl (C=O) groups excluding carboxylic acids is 2. The van der Waals surface area contributed by atoms with Gasteiger partial charge >= 0.3 is 0 Å². The maximum Gasteiger partial charge on any atom is 0.272 e. The van der Waals surface area contributed by atoms with Gasteiger partial charge in [-0.1, -0.05) is 105 Å². The average Bonchev–Trinajstić information content (AvgIpc) is 3.47. The lowest BCUT2D eigenvalue weighted by molar-refractivity contribution is -0.133. The molecule has 1 aliphatic heterocycles. The quantitative estimate of drug-likeness (QED) is 0.408. The van der Waals surface area contributed by atoms with Crippen LogP contribution in [0.2, 0.25) is 0 Å². The molecule has 202 valence electrons. The van der Waals surface area contributed by atoms with Gasteiger partial charge in [0.2, 0.25) is 12.1 Å². The number of aryl methyl sites for hydroxylation is 1. The van der Waals surface area contributed by atoms with Gasteiger partial charge in [0.05, 0.1) is 23.4 Å². The summed E-state index contributed by atoms with van der Waals surface area (Å²) in [5.41, 5.74) is 4.24. The minimum Gasteiger partial charge on any atom is -0.392 e. The smallest absolute Gasteiger partial charge is 0.272 e. The van der Waals surface area contributed by atoms with Crippen LogP contribution in [0.5, 0.6) is 0 Å². The summed E-state index contributed by atoms with van der Waals surface area (Å²) in [7, 11) is 1.72. The Morgan fingerprint density at radius 1 is 0.974 bits per heavy atom. The van der Waals surface area contributed by atoms with Gasteiger partial charge in [-0.3, -0.25) is 9.59 Å². The number of amides is 2. The first-order valence-electron chi connectivity index (χ1n) is 14.0. The van der Waals surface area contributed by atoms with Crippen molar-refractivity contribution in [2.75, 3.05) is 11.9 Å². The Hall–Kier alpha value is -3.77. The van der Waals surface area contributed by atoms with E-state index in [0.717, 1.165) is 48.1 Å². The molecule has 2 unspecified atom stereocenters. The van der Waals surface area contributed by atoms with Gasteiger partial charge in [0.15, 0.2) is 0 Å². The van der Waals surface area contributed by atoms with E-state index < -0.39 is 18.2 Å². The zero-order valence-corrected chi connectivity index (χ0v) is 22.5. The van der Waals surface area contributed by atoms with Gasteiger partial charge in [0.25, 0.3) is 5.91 Å². The summed E-state index contributed by atoms with van der Waals surface area (Å²) in [6.45, 7) is 0. The molecule has 1 fully saturated rings. The normalized spacial score (nSPS) is 19.1. The zero-order chi connectivity index (χ0) is 27.2. The second kappa shape index (κ2) is 12.4. The SMILES string of the molecule is CN1C(=O)C(NC(=O)C(CC2CCCC2)[C@@H](O)CCc2ccccc2)N=C(c2ccccc2)c2ccccc21. The Balaban J connectivity index is 1.41. The number of nitrogens with zero attached hydrogens (tertiary/aromatic N) is 2. The van der Waals surface area contributed by atoms with Gasteiger partial charge in [-0.05, 0) is 36.8 Å². The van der Waals surface area contributed by atoms with E-state index >= 15 is 0 Å². The fraction of sp³-hybridized carbons (Fsp3) is 0.364. The Bertz CT molecular complexity index is 1300. The maximum atomic E-state index is 13.8. The molecule has 2 N–H and O–H groups in total. The molecule has 3 aromatic rings. The number of carbonyl (C=O) groups is 2. The minimum atomic E-state index is -1.09. The average molecular weight is 524 g/mol. The predicted octanol–water partition coefficient (Wildman–Crippen LogP) is 5.13. The number of hydrogen-bond acceptors (Lipinski definition) is 4. The fourth-order valence-corrected chi connectivity index (χ4v) is 5.89. The molecule has 3 aromatic carbocycles. The van der Waals surface area contributed by atoms with E-state index in [0.29, 0.717) is 30.9 Å². The third-order valence-corrected chi connectivity index (χ3v) is 8.10. The van der Waals surface area contributed by atoms with Crippen molar-refractivity contribution in [1.29, 1.82) is 0 Å². The van der Waals surface area contributed by atoms with Crippen LogP contribution in [0, 0.1) is 11.8 Å². The van der Waals surface area contributed by atoms with Crippen molar-refractivity contribution in [3.05, 3.63) is 102 Å². The van der Waals surface area contributed by atoms with Gasteiger partial charge in [-0.2, -0.15) is 0 Å². The van der Waals surface area contributed by atoms with E-state index in [9.17, 15) is 14.7 Å². The zero-order valence-electron chi connectivity index (χ0n) is 22.5. The number of aliphatic imine (C=N–C) groups is 1. The molecule has 0 radical (unpaired) electrons. The van der Waals surface area contributed by atoms with E-state index in [1.807, 2.05) is 84.9 Å². The molecular formula is C33H37N3O3. The van der Waals surface area contributed by atoms with Crippen LogP contribution in [0.4, 0.5) is 5.69 Å². The molecule has 0 bridgehead atoms. The maximum absolute atomic E-state index is 13.8. The van der Waals surface area contributed by atoms with E-state index in [1.54, 1.807) is 11.9 Å². The standard InChI is InChI=1S/C33H37N3O3/c1-36-28-19-11-10-18-26(28)30(25-16-6-3-7-17-25)34-31(33(36)39)35-32(38)27(22-24-14-8-9-15-24)29(37)21-20-23-12-4-2-5-13-23/h2-7,10-13,16-19,24,27,29,31,37H,8-9,14-15,20-22H2,1H3,(H,35,38)/t27?,29-,31?/m0/s1. The summed E-state index contributed by atoms with van der Waals surface area (Å²) in [4.78, 5) is 33.8. The molecule has 2 aliphatic rings. The lowest BCUT2D eigenvalue weighted by Gasteiger charge is -2.27. The number of likely N-dealkylation sites (N-methyl/N-ethyl adjacent to an activating group) is 1. The first-order chi connectivity index (χ1) is 19.0. The molecule has 1 heterocycles. The number of aliphatic hydroxyl groups is 1. The van der Waals surface area contributed by atoms with Gasteiger partial charge in [0.1, 0.15) is 0 Å². The number of para-hydroxylation sites is 1. The Morgan fingerprint density at radius 2 is 1.62 bits per heavy atom. The molecule has 6 heteroatoms. The molecule has 3 atom stereocenters. The summed E-state index contributed by atoms with van der Waals surface area (Å²) in [5, 5.41) is 14.2. The van der Waals surface area contributed by atoms with E-state index in [-0.39, 0.29) is 11.8 Å². The molecule has 6 nitrogen and oxygen atoms in total. The third kappa shape index (κ3) is 6.28. The van der Waals surface area contributed by atoms with Crippen LogP contribution >= 0.6 is 0 Å². The predicted molar refractivity (Wildman–Crippen MR) is 155 cm³/mol. The second-order valence-corrected chi connectivity index (χ2v) is 10.8. The monoisotopic (exact) mass is 523 g/mol. The number of anilines is 1. The number of hydrogen-bond donors (Lipinski definition) is 2. The van der Waals surface area contributed by atoms with Crippen molar-refractivity contribution >= 4 is 23.2 Å². The van der Waals surface area contributed by atoms with Crippen LogP contribution in [-0.4, -0.2) is 41.9 Å². The number of nitrogens with one attached hydrogen (secondary N) is 1. The number of fused-ring (bicyclic) bond motifs is 1. The molecular weight excluding hydrogens is 486 g/mol. The lowest BCUT2D eigenvalue weighted by Crippen LogP contribution is -2.49. The molecule has 39 heavy (non-hydrogen) atoms. The highest BCUT2D eigenvalue weighted by molar-refractivity contribution is 6.20. The van der Waals surface area contributed by atoms with E-state index in [4.69, 9.17) is 4.99 Å². The van der Waals surface area contributed by atoms with Gasteiger partial charge < -0.3 is 15.3 Å². The fourth-order valence-electron chi connectivity index (χ4n) is 5.89. The molecule has 0 spiro atoms. The number of rotatable bonds is 9. The van der Waals surface area contributed by atoms with Crippen LogP contribution in [0.3, 0.4) is 0 Å². The first-order valence-corrected chi connectivity index (χ1v) is 14.0. The summed E-state index contributed by atoms with van der Waals surface area (Å²) in [6, 6.07) is 27.4. The van der Waals surface area contributed by atoms with Crippen molar-refractivity contribution in [3.8, 4) is 0 Å². The Kier molecular flexibility index (Phi) is 8.52. The number of benzodiazepines with no additional fused rings is 1. The molecule has 0 saturated heterocycles. The summed E-state index contributed by atoms with van der Waals surface area (Å²) in [6.07, 6.45) is 4.37. The topological polar surface area (TPSA) is 82.0 Å². The largest absolute Gasteiger partial charge is 0.392 e. The van der Waals surface area contributed by atoms with Crippen LogP contribution in [0.1, 0.15) is 55.2 Å². The first kappa shape index (κ1) is 26.8. The van der Waals surface area contributed by atoms with Crippen molar-refractivity contribution in [2.45, 2.75) is 57.2 Å². The van der Waals surface area contributed by atoms with Crippen LogP contribution in [0.25, 0.3) is 0 Å². The molecule has 1 aliphatic carbocycles. The van der Waals surface area contributed by atoms with Crippen molar-refractivity contribution in [1.82, 2.24) is 5.32 Å². The van der Waals surface area contributed by atoms with Gasteiger partial charge in [0, 0.05) is 18.2 Å². The summed E-state index contributed by atoms with van der Waals surface area (Å²) in [5.74, 6) is -0.806. The third-order valence-electron chi connectivity index (χ3n) is 8.10. The van der Waals surface area contributed by atoms with E-state index in [2.05, 4.69) is 5.32 Å². The van der Waals surface area contributed by atoms with Crippen LogP contribution in [0.15, 0.2) is 89.9 Å². The number of benzene rings is 3. The molecule has 5 rings (SSSR count). The Labute approximate surface area is 230 Å². The van der Waals surface area contributed by atoms with E-state index in [1.165, 1.54) is 0 Å². The van der Waals surface area contributed by atoms with Crippen LogP contribution in [-0.2, 0) is 16.0 Å². The Morgan fingerprint density at radius 3 is 2.33 bits per heavy atom. The van der Waals surface area contributed by atoms with Crippen molar-refractivity contribution < 1.29 is 14.7 Å². The van der Waals surface area contributed by atoms with Crippen molar-refractivity contribution in [2.24, 2.45) is 16.8 Å². The summed E-state index contributed by atoms with van der Waals surface area (Å²) < 4.78 is 0. The highest BCUT2D eigenvalue weighted by Gasteiger charge is 2.36. The summed E-state index contributed by atoms with van der Waals surface area (Å²) >= 11 is 0. The lowest BCUT2D eigenvalue weighted by atomic mass is 9.86. The van der Waals surface area contributed by atoms with Gasteiger partial charge in [-0.25, -0.2) is 4.99 Å². The van der Waals surface area contributed by atoms with Crippen LogP contribution < -0.4 is 10.2 Å². The second-order valence-electron chi connectivity index (χ2n) is 10.8. The van der Waals surface area contributed by atoms with Crippen molar-refractivity contribution in [3.63, 3.8) is 0 Å². The molecule has 1 saturated carbocycles. The minimum absolute atomic E-state index is 0.305. The number of aliphatic hydroxyl groups excluding tert-OH is 1. The highest BCUT2D eigenvalue weighted by Crippen LogP contribution is 2.33.